The molecular weight excluding hydrogens is 320 g/mol. The molecule has 1 aromatic carbocycles. The molecule has 24 heavy (non-hydrogen) atoms. The van der Waals surface area contributed by atoms with Crippen LogP contribution in [0.5, 0.6) is 0 Å². The normalized spacial score (nSPS) is 17.0. The highest BCUT2D eigenvalue weighted by Gasteiger charge is 2.26. The molecule has 0 bridgehead atoms. The average Bonchev–Trinajstić information content (AvgIpc) is 3.40. The summed E-state index contributed by atoms with van der Waals surface area (Å²) in [5.41, 5.74) is -0.436. The summed E-state index contributed by atoms with van der Waals surface area (Å²) in [6.07, 6.45) is -0.411. The van der Waals surface area contributed by atoms with Crippen LogP contribution in [-0.4, -0.2) is 62.2 Å². The first kappa shape index (κ1) is 17.9. The van der Waals surface area contributed by atoms with Crippen LogP contribution >= 0.6 is 0 Å². The van der Waals surface area contributed by atoms with Gasteiger partial charge in [0.1, 0.15) is 19.3 Å². The third-order valence-electron chi connectivity index (χ3n) is 3.36. The van der Waals surface area contributed by atoms with Crippen LogP contribution in [0.3, 0.4) is 0 Å². The molecule has 2 rings (SSSR count). The minimum Gasteiger partial charge on any atom is -0.478 e. The zero-order valence-corrected chi connectivity index (χ0v) is 13.3. The van der Waals surface area contributed by atoms with Crippen LogP contribution in [0.2, 0.25) is 0 Å². The van der Waals surface area contributed by atoms with E-state index in [2.05, 4.69) is 0 Å². The summed E-state index contributed by atoms with van der Waals surface area (Å²) >= 11 is 0. The van der Waals surface area contributed by atoms with E-state index in [-0.39, 0.29) is 42.1 Å². The molecule has 1 saturated heterocycles. The van der Waals surface area contributed by atoms with Crippen LogP contribution in [0.1, 0.15) is 38.0 Å². The number of ether oxygens (including phenoxy) is 4. The fraction of sp³-hybridized carbons (Fsp3) is 0.438. The van der Waals surface area contributed by atoms with Crippen LogP contribution in [0.25, 0.3) is 0 Å². The number of carbonyl (C=O) groups is 3. The van der Waals surface area contributed by atoms with E-state index in [1.165, 1.54) is 19.2 Å². The van der Waals surface area contributed by atoms with Crippen molar-refractivity contribution in [2.24, 2.45) is 0 Å². The fourth-order valence-corrected chi connectivity index (χ4v) is 1.78. The maximum Gasteiger partial charge on any atom is 0.339 e. The number of benzene rings is 1. The topological polar surface area (TPSA) is 112 Å². The second-order valence-electron chi connectivity index (χ2n) is 5.26. The van der Waals surface area contributed by atoms with Gasteiger partial charge in [-0.1, -0.05) is 0 Å². The molecule has 8 nitrogen and oxygen atoms in total. The molecule has 1 aliphatic heterocycles. The second kappa shape index (κ2) is 7.89. The van der Waals surface area contributed by atoms with Crippen molar-refractivity contribution in [2.75, 3.05) is 26.9 Å². The van der Waals surface area contributed by atoms with Crippen molar-refractivity contribution >= 4 is 17.9 Å². The van der Waals surface area contributed by atoms with Crippen molar-refractivity contribution in [3.05, 3.63) is 34.9 Å². The maximum atomic E-state index is 12.0. The second-order valence-corrected chi connectivity index (χ2v) is 5.26. The Morgan fingerprint density at radius 3 is 2.54 bits per heavy atom. The molecular formula is C16H18O8. The first-order valence-electron chi connectivity index (χ1n) is 7.28. The zero-order valence-electron chi connectivity index (χ0n) is 13.3. The van der Waals surface area contributed by atoms with Gasteiger partial charge in [0.05, 0.1) is 29.4 Å². The van der Waals surface area contributed by atoms with E-state index in [4.69, 9.17) is 18.9 Å². The number of rotatable bonds is 8. The number of carboxylic acids is 1. The Balaban J connectivity index is 2.11. The lowest BCUT2D eigenvalue weighted by molar-refractivity contribution is 0.0169. The van der Waals surface area contributed by atoms with Crippen LogP contribution in [-0.2, 0) is 18.9 Å². The highest BCUT2D eigenvalue weighted by atomic mass is 16.6. The lowest BCUT2D eigenvalue weighted by Crippen LogP contribution is -2.19. The first-order chi connectivity index (χ1) is 11.4. The summed E-state index contributed by atoms with van der Waals surface area (Å²) in [4.78, 5) is 35.3. The highest BCUT2D eigenvalue weighted by Crippen LogP contribution is 2.17. The summed E-state index contributed by atoms with van der Waals surface area (Å²) in [5.74, 6) is -2.83. The van der Waals surface area contributed by atoms with Gasteiger partial charge in [0, 0.05) is 7.11 Å². The van der Waals surface area contributed by atoms with Crippen LogP contribution in [0, 0.1) is 0 Å². The molecule has 1 aliphatic rings. The number of methoxy groups -OCH3 is 1. The van der Waals surface area contributed by atoms with Gasteiger partial charge in [-0.3, -0.25) is 0 Å². The molecule has 1 N–H and O–H groups in total. The Labute approximate surface area is 138 Å². The summed E-state index contributed by atoms with van der Waals surface area (Å²) in [6.45, 7) is 2.34. The Bertz CT molecular complexity index is 635. The zero-order chi connectivity index (χ0) is 17.7. The summed E-state index contributed by atoms with van der Waals surface area (Å²) < 4.78 is 19.9. The number of hydrogen-bond donors (Lipinski definition) is 1. The molecule has 2 atom stereocenters. The van der Waals surface area contributed by atoms with Gasteiger partial charge in [0.25, 0.3) is 0 Å². The SMILES string of the molecule is COC(C)COC(=O)c1ccc(C(=O)OCC2CO2)c(C(=O)O)c1. The predicted octanol–water partition coefficient (Wildman–Crippen LogP) is 1.13. The standard InChI is InChI=1S/C16H18O8/c1-9(21-2)6-23-15(19)10-3-4-12(13(5-10)14(17)18)16(20)24-8-11-7-22-11/h3-5,9,11H,6-8H2,1-2H3,(H,17,18). The lowest BCUT2D eigenvalue weighted by atomic mass is 10.0. The molecule has 0 aromatic heterocycles. The van der Waals surface area contributed by atoms with Crippen LogP contribution < -0.4 is 0 Å². The Morgan fingerprint density at radius 2 is 1.96 bits per heavy atom. The molecule has 8 heteroatoms. The third-order valence-corrected chi connectivity index (χ3v) is 3.36. The van der Waals surface area contributed by atoms with Gasteiger partial charge in [0.2, 0.25) is 0 Å². The largest absolute Gasteiger partial charge is 0.478 e. The van der Waals surface area contributed by atoms with Gasteiger partial charge in [-0.2, -0.15) is 0 Å². The minimum atomic E-state index is -1.34. The van der Waals surface area contributed by atoms with E-state index in [1.807, 2.05) is 0 Å². The van der Waals surface area contributed by atoms with Crippen molar-refractivity contribution < 1.29 is 38.4 Å². The third kappa shape index (κ3) is 4.77. The average molecular weight is 338 g/mol. The molecule has 0 saturated carbocycles. The number of esters is 2. The quantitative estimate of drug-likeness (QED) is 0.554. The number of aromatic carboxylic acids is 1. The summed E-state index contributed by atoms with van der Waals surface area (Å²) in [7, 11) is 1.48. The lowest BCUT2D eigenvalue weighted by Gasteiger charge is -2.11. The molecule has 2 unspecified atom stereocenters. The number of epoxide rings is 1. The minimum absolute atomic E-state index is 0.0257. The van der Waals surface area contributed by atoms with Gasteiger partial charge in [0.15, 0.2) is 0 Å². The molecule has 0 radical (unpaired) electrons. The number of carbonyl (C=O) groups excluding carboxylic acids is 2. The van der Waals surface area contributed by atoms with E-state index in [9.17, 15) is 19.5 Å². The van der Waals surface area contributed by atoms with Gasteiger partial charge in [-0.15, -0.1) is 0 Å². The summed E-state index contributed by atoms with van der Waals surface area (Å²) in [6, 6.07) is 3.64. The van der Waals surface area contributed by atoms with Crippen molar-refractivity contribution in [1.29, 1.82) is 0 Å². The highest BCUT2D eigenvalue weighted by molar-refractivity contribution is 6.04. The Morgan fingerprint density at radius 1 is 1.25 bits per heavy atom. The van der Waals surface area contributed by atoms with Gasteiger partial charge in [-0.05, 0) is 25.1 Å². The fourth-order valence-electron chi connectivity index (χ4n) is 1.78. The molecule has 1 heterocycles. The smallest absolute Gasteiger partial charge is 0.339 e. The van der Waals surface area contributed by atoms with E-state index >= 15 is 0 Å². The Hall–Kier alpha value is -2.45. The number of carboxylic acid groups (broad SMARTS) is 1. The van der Waals surface area contributed by atoms with E-state index < -0.39 is 17.9 Å². The molecule has 0 amide bonds. The van der Waals surface area contributed by atoms with Crippen LogP contribution in [0.4, 0.5) is 0 Å². The molecule has 0 aliphatic carbocycles. The van der Waals surface area contributed by atoms with E-state index in [1.54, 1.807) is 6.92 Å². The number of hydrogen-bond acceptors (Lipinski definition) is 7. The maximum absolute atomic E-state index is 12.0. The molecule has 1 fully saturated rings. The molecule has 1 aromatic rings. The Kier molecular flexibility index (Phi) is 5.88. The van der Waals surface area contributed by atoms with Crippen molar-refractivity contribution in [1.82, 2.24) is 0 Å². The van der Waals surface area contributed by atoms with Crippen molar-refractivity contribution in [3.8, 4) is 0 Å². The molecule has 0 spiro atoms. The van der Waals surface area contributed by atoms with Crippen molar-refractivity contribution in [3.63, 3.8) is 0 Å². The van der Waals surface area contributed by atoms with Gasteiger partial charge in [-0.25, -0.2) is 14.4 Å². The van der Waals surface area contributed by atoms with Crippen LogP contribution in [0.15, 0.2) is 18.2 Å². The van der Waals surface area contributed by atoms with Crippen molar-refractivity contribution in [2.45, 2.75) is 19.1 Å². The predicted molar refractivity (Wildman–Crippen MR) is 80.2 cm³/mol. The van der Waals surface area contributed by atoms with E-state index in [0.29, 0.717) is 6.61 Å². The van der Waals surface area contributed by atoms with Gasteiger partial charge < -0.3 is 24.1 Å². The molecule has 130 valence electrons. The summed E-state index contributed by atoms with van der Waals surface area (Å²) in [5, 5.41) is 9.26. The monoisotopic (exact) mass is 338 g/mol. The van der Waals surface area contributed by atoms with Gasteiger partial charge >= 0.3 is 17.9 Å². The first-order valence-corrected chi connectivity index (χ1v) is 7.28. The van der Waals surface area contributed by atoms with E-state index in [0.717, 1.165) is 6.07 Å².